The van der Waals surface area contributed by atoms with Gasteiger partial charge in [-0.15, -0.1) is 0 Å². The monoisotopic (exact) mass is 346 g/mol. The number of aromatic nitrogens is 2. The Bertz CT molecular complexity index is 679. The van der Waals surface area contributed by atoms with Crippen molar-refractivity contribution in [3.05, 3.63) is 17.0 Å². The molecule has 0 aromatic carbocycles. The number of nitrogens with zero attached hydrogens (tertiary/aromatic N) is 2. The summed E-state index contributed by atoms with van der Waals surface area (Å²) in [7, 11) is 0. The average Bonchev–Trinajstić information content (AvgIpc) is 3.17. The number of hydrogen-bond acceptors (Lipinski definition) is 3. The summed E-state index contributed by atoms with van der Waals surface area (Å²) in [6.45, 7) is 9.14. The van der Waals surface area contributed by atoms with E-state index in [1.165, 1.54) is 0 Å². The molecule has 2 fully saturated rings. The van der Waals surface area contributed by atoms with Crippen LogP contribution in [-0.4, -0.2) is 27.6 Å². The van der Waals surface area contributed by atoms with Gasteiger partial charge in [-0.05, 0) is 50.9 Å². The number of nitrogens with one attached hydrogen (secondary N) is 1. The van der Waals surface area contributed by atoms with Gasteiger partial charge in [0.25, 0.3) is 0 Å². The molecule has 25 heavy (non-hydrogen) atoms. The zero-order chi connectivity index (χ0) is 18.3. The van der Waals surface area contributed by atoms with E-state index in [1.54, 1.807) is 0 Å². The fourth-order valence-electron chi connectivity index (χ4n) is 4.82. The van der Waals surface area contributed by atoms with Gasteiger partial charge in [0.2, 0.25) is 11.8 Å². The predicted molar refractivity (Wildman–Crippen MR) is 95.7 cm³/mol. The van der Waals surface area contributed by atoms with Crippen molar-refractivity contribution in [2.24, 2.45) is 29.4 Å². The van der Waals surface area contributed by atoms with Crippen molar-refractivity contribution >= 4 is 11.8 Å². The average molecular weight is 346 g/mol. The summed E-state index contributed by atoms with van der Waals surface area (Å²) < 4.78 is 1.99. The zero-order valence-corrected chi connectivity index (χ0v) is 15.7. The van der Waals surface area contributed by atoms with Crippen molar-refractivity contribution in [1.29, 1.82) is 0 Å². The van der Waals surface area contributed by atoms with Crippen molar-refractivity contribution in [3.63, 3.8) is 0 Å². The van der Waals surface area contributed by atoms with Crippen LogP contribution in [0.1, 0.15) is 50.1 Å². The summed E-state index contributed by atoms with van der Waals surface area (Å²) in [6, 6.07) is -0.0879. The number of primary amides is 1. The lowest BCUT2D eigenvalue weighted by atomic mass is 9.84. The molecule has 0 saturated heterocycles. The van der Waals surface area contributed by atoms with Crippen LogP contribution in [0.3, 0.4) is 0 Å². The molecule has 0 aliphatic heterocycles. The van der Waals surface area contributed by atoms with Crippen LogP contribution in [0.5, 0.6) is 0 Å². The lowest BCUT2D eigenvalue weighted by Crippen LogP contribution is -2.49. The lowest BCUT2D eigenvalue weighted by Gasteiger charge is -2.29. The molecule has 3 N–H and O–H groups in total. The highest BCUT2D eigenvalue weighted by atomic mass is 16.2. The van der Waals surface area contributed by atoms with Gasteiger partial charge in [0.05, 0.1) is 18.0 Å². The van der Waals surface area contributed by atoms with Crippen LogP contribution < -0.4 is 11.1 Å². The fourth-order valence-corrected chi connectivity index (χ4v) is 4.82. The van der Waals surface area contributed by atoms with E-state index < -0.39 is 0 Å². The summed E-state index contributed by atoms with van der Waals surface area (Å²) in [4.78, 5) is 24.5. The Balaban J connectivity index is 1.69. The third kappa shape index (κ3) is 3.44. The van der Waals surface area contributed by atoms with Crippen molar-refractivity contribution in [2.45, 2.75) is 66.0 Å². The standard InChI is InChI=1S/C19H30N4O2/c1-10(2)9-23-12(4)15(11(3)22-23)8-16(24)21-18-14-6-5-13(7-14)17(18)19(20)25/h10,13-14,17-18H,5-9H2,1-4H3,(H2,20,25)(H,21,24)/t13-,14-,17+,18-/m0/s1. The molecule has 4 atom stereocenters. The number of carbonyl (C=O) groups is 2. The number of carbonyl (C=O) groups excluding carboxylic acids is 2. The van der Waals surface area contributed by atoms with E-state index in [9.17, 15) is 9.59 Å². The van der Waals surface area contributed by atoms with E-state index in [0.717, 1.165) is 42.8 Å². The molecule has 3 rings (SSSR count). The third-order valence-electron chi connectivity index (χ3n) is 5.98. The number of fused-ring (bicyclic) bond motifs is 2. The van der Waals surface area contributed by atoms with Gasteiger partial charge in [-0.3, -0.25) is 14.3 Å². The number of amides is 2. The smallest absolute Gasteiger partial charge is 0.224 e. The van der Waals surface area contributed by atoms with Gasteiger partial charge < -0.3 is 11.1 Å². The Labute approximate surface area is 149 Å². The van der Waals surface area contributed by atoms with Crippen molar-refractivity contribution in [3.8, 4) is 0 Å². The summed E-state index contributed by atoms with van der Waals surface area (Å²) in [6.07, 6.45) is 3.48. The molecular formula is C19H30N4O2. The van der Waals surface area contributed by atoms with Gasteiger partial charge in [0.15, 0.2) is 0 Å². The van der Waals surface area contributed by atoms with Crippen LogP contribution in [0.25, 0.3) is 0 Å². The van der Waals surface area contributed by atoms with Crippen LogP contribution in [-0.2, 0) is 22.6 Å². The SMILES string of the molecule is Cc1nn(CC(C)C)c(C)c1CC(=O)N[C@H]1[C@H]2CC[C@@H](C2)[C@H]1C(N)=O. The van der Waals surface area contributed by atoms with Crippen LogP contribution in [0.15, 0.2) is 0 Å². The first-order valence-electron chi connectivity index (χ1n) is 9.39. The summed E-state index contributed by atoms with van der Waals surface area (Å²) in [5.41, 5.74) is 8.56. The molecule has 1 aromatic heterocycles. The topological polar surface area (TPSA) is 90.0 Å². The predicted octanol–water partition coefficient (Wildman–Crippen LogP) is 1.71. The van der Waals surface area contributed by atoms with Gasteiger partial charge in [-0.1, -0.05) is 13.8 Å². The van der Waals surface area contributed by atoms with Gasteiger partial charge in [-0.25, -0.2) is 0 Å². The van der Waals surface area contributed by atoms with E-state index in [-0.39, 0.29) is 23.8 Å². The highest BCUT2D eigenvalue weighted by Crippen LogP contribution is 2.48. The van der Waals surface area contributed by atoms with Gasteiger partial charge >= 0.3 is 0 Å². The number of rotatable bonds is 6. The maximum atomic E-state index is 12.6. The number of aryl methyl sites for hydroxylation is 1. The Morgan fingerprint density at radius 2 is 1.96 bits per heavy atom. The minimum atomic E-state index is -0.269. The molecule has 2 aliphatic carbocycles. The molecule has 2 bridgehead atoms. The third-order valence-corrected chi connectivity index (χ3v) is 5.98. The van der Waals surface area contributed by atoms with E-state index >= 15 is 0 Å². The Morgan fingerprint density at radius 1 is 1.28 bits per heavy atom. The van der Waals surface area contributed by atoms with Gasteiger partial charge in [-0.2, -0.15) is 5.10 Å². The highest BCUT2D eigenvalue weighted by molar-refractivity contribution is 5.82. The molecule has 138 valence electrons. The minimum absolute atomic E-state index is 0.0286. The summed E-state index contributed by atoms with van der Waals surface area (Å²) in [5, 5.41) is 7.70. The van der Waals surface area contributed by atoms with E-state index in [0.29, 0.717) is 24.2 Å². The molecule has 0 spiro atoms. The minimum Gasteiger partial charge on any atom is -0.369 e. The molecule has 2 saturated carbocycles. The second kappa shape index (κ2) is 6.81. The van der Waals surface area contributed by atoms with Crippen LogP contribution >= 0.6 is 0 Å². The van der Waals surface area contributed by atoms with Crippen LogP contribution in [0.2, 0.25) is 0 Å². The maximum absolute atomic E-state index is 12.6. The van der Waals surface area contributed by atoms with E-state index in [4.69, 9.17) is 5.73 Å². The second-order valence-electron chi connectivity index (χ2n) is 8.26. The normalized spacial score (nSPS) is 27.9. The van der Waals surface area contributed by atoms with E-state index in [2.05, 4.69) is 24.3 Å². The maximum Gasteiger partial charge on any atom is 0.224 e. The first-order valence-corrected chi connectivity index (χ1v) is 9.39. The molecular weight excluding hydrogens is 316 g/mol. The molecule has 6 heteroatoms. The largest absolute Gasteiger partial charge is 0.369 e. The number of hydrogen-bond donors (Lipinski definition) is 2. The van der Waals surface area contributed by atoms with E-state index in [1.807, 2.05) is 18.5 Å². The molecule has 2 amide bonds. The zero-order valence-electron chi connectivity index (χ0n) is 15.7. The van der Waals surface area contributed by atoms with Crippen LogP contribution in [0.4, 0.5) is 0 Å². The Kier molecular flexibility index (Phi) is 4.89. The molecule has 0 radical (unpaired) electrons. The Hall–Kier alpha value is -1.85. The Morgan fingerprint density at radius 3 is 2.60 bits per heavy atom. The first kappa shape index (κ1) is 18.0. The fraction of sp³-hybridized carbons (Fsp3) is 0.737. The van der Waals surface area contributed by atoms with Gasteiger partial charge in [0.1, 0.15) is 0 Å². The van der Waals surface area contributed by atoms with Crippen LogP contribution in [0, 0.1) is 37.5 Å². The highest BCUT2D eigenvalue weighted by Gasteiger charge is 2.50. The first-order chi connectivity index (χ1) is 11.8. The summed E-state index contributed by atoms with van der Waals surface area (Å²) >= 11 is 0. The van der Waals surface area contributed by atoms with Gasteiger partial charge in [0, 0.05) is 23.8 Å². The number of nitrogens with two attached hydrogens (primary N) is 1. The van der Waals surface area contributed by atoms with Crippen molar-refractivity contribution < 1.29 is 9.59 Å². The van der Waals surface area contributed by atoms with Crippen molar-refractivity contribution in [1.82, 2.24) is 15.1 Å². The molecule has 0 unspecified atom stereocenters. The molecule has 2 aliphatic rings. The quantitative estimate of drug-likeness (QED) is 0.822. The summed E-state index contributed by atoms with van der Waals surface area (Å²) in [5.74, 6) is 0.759. The lowest BCUT2D eigenvalue weighted by molar-refractivity contribution is -0.126. The molecule has 1 heterocycles. The second-order valence-corrected chi connectivity index (χ2v) is 8.26. The van der Waals surface area contributed by atoms with Crippen molar-refractivity contribution in [2.75, 3.05) is 0 Å². The molecule has 6 nitrogen and oxygen atoms in total. The molecule has 1 aromatic rings.